The largest absolute Gasteiger partial charge is 0.478 e. The summed E-state index contributed by atoms with van der Waals surface area (Å²) in [6.07, 6.45) is 7.64. The van der Waals surface area contributed by atoms with Crippen LogP contribution in [0, 0.1) is 0 Å². The number of hydrogen-bond acceptors (Lipinski definition) is 4. The van der Waals surface area contributed by atoms with Gasteiger partial charge in [-0.05, 0) is 55.4 Å². The Morgan fingerprint density at radius 2 is 1.84 bits per heavy atom. The van der Waals surface area contributed by atoms with Crippen molar-refractivity contribution in [2.45, 2.75) is 50.2 Å². The molecule has 2 aromatic heterocycles. The van der Waals surface area contributed by atoms with Crippen molar-refractivity contribution >= 4 is 23.3 Å². The van der Waals surface area contributed by atoms with Gasteiger partial charge >= 0.3 is 5.97 Å². The second-order valence-corrected chi connectivity index (χ2v) is 8.77. The van der Waals surface area contributed by atoms with Crippen LogP contribution in [0.1, 0.15) is 66.0 Å². The number of carbonyl (C=O) groups is 1. The smallest absolute Gasteiger partial charge is 0.336 e. The average Bonchev–Trinajstić information content (AvgIpc) is 3.44. The van der Waals surface area contributed by atoms with Crippen molar-refractivity contribution in [3.63, 3.8) is 0 Å². The van der Waals surface area contributed by atoms with Crippen LogP contribution in [-0.4, -0.2) is 32.1 Å². The Morgan fingerprint density at radius 3 is 2.59 bits per heavy atom. The number of furan rings is 1. The molecule has 3 heterocycles. The van der Waals surface area contributed by atoms with Gasteiger partial charge in [0.05, 0.1) is 17.3 Å². The van der Waals surface area contributed by atoms with Crippen molar-refractivity contribution in [3.8, 4) is 11.3 Å². The molecule has 1 saturated heterocycles. The monoisotopic (exact) mass is 447 g/mol. The van der Waals surface area contributed by atoms with Crippen LogP contribution < -0.4 is 5.32 Å². The summed E-state index contributed by atoms with van der Waals surface area (Å²) in [7, 11) is 0. The van der Waals surface area contributed by atoms with Crippen molar-refractivity contribution in [2.24, 2.45) is 0 Å². The van der Waals surface area contributed by atoms with Crippen LogP contribution in [0.5, 0.6) is 0 Å². The summed E-state index contributed by atoms with van der Waals surface area (Å²) in [5.74, 6) is 0.324. The van der Waals surface area contributed by atoms with Crippen LogP contribution in [0.4, 0.5) is 0 Å². The molecule has 2 N–H and O–H groups in total. The third kappa shape index (κ3) is 3.77. The van der Waals surface area contributed by atoms with E-state index in [1.165, 1.54) is 19.3 Å². The Morgan fingerprint density at radius 1 is 1.06 bits per heavy atom. The van der Waals surface area contributed by atoms with E-state index >= 15 is 0 Å². The summed E-state index contributed by atoms with van der Waals surface area (Å²) < 4.78 is 6.33. The molecule has 32 heavy (non-hydrogen) atoms. The molecule has 0 unspecified atom stereocenters. The predicted molar refractivity (Wildman–Crippen MR) is 125 cm³/mol. The predicted octanol–water partition coefficient (Wildman–Crippen LogP) is 5.35. The second kappa shape index (κ2) is 8.74. The lowest BCUT2D eigenvalue weighted by Gasteiger charge is -2.36. The Balaban J connectivity index is 1.56. The van der Waals surface area contributed by atoms with E-state index in [4.69, 9.17) is 16.6 Å². The van der Waals surface area contributed by atoms with E-state index < -0.39 is 5.97 Å². The second-order valence-electron chi connectivity index (χ2n) is 8.38. The first kappa shape index (κ1) is 20.7. The highest BCUT2D eigenvalue weighted by atomic mass is 32.1. The molecule has 0 bridgehead atoms. The lowest BCUT2D eigenvalue weighted by atomic mass is 9.92. The number of rotatable bonds is 5. The molecule has 1 aliphatic carbocycles. The van der Waals surface area contributed by atoms with E-state index in [-0.39, 0.29) is 17.6 Å². The highest BCUT2D eigenvalue weighted by molar-refractivity contribution is 7.80. The minimum Gasteiger partial charge on any atom is -0.478 e. The normalized spacial score (nSPS) is 21.5. The maximum absolute atomic E-state index is 11.7. The molecule has 2 atom stereocenters. The molecule has 1 saturated carbocycles. The van der Waals surface area contributed by atoms with E-state index in [1.54, 1.807) is 24.4 Å². The van der Waals surface area contributed by atoms with Crippen LogP contribution in [0.25, 0.3) is 11.3 Å². The summed E-state index contributed by atoms with van der Waals surface area (Å²) in [4.78, 5) is 18.6. The number of aromatic nitrogens is 1. The molecule has 7 heteroatoms. The molecule has 2 fully saturated rings. The number of thiocarbonyl (C=S) groups is 1. The van der Waals surface area contributed by atoms with Crippen LogP contribution in [0.2, 0.25) is 0 Å². The molecule has 3 aromatic rings. The molecule has 5 rings (SSSR count). The number of aromatic carboxylic acids is 1. The first-order valence-electron chi connectivity index (χ1n) is 11.1. The van der Waals surface area contributed by atoms with E-state index in [1.807, 2.05) is 36.4 Å². The van der Waals surface area contributed by atoms with Crippen molar-refractivity contribution in [1.29, 1.82) is 0 Å². The van der Waals surface area contributed by atoms with E-state index in [2.05, 4.69) is 15.2 Å². The van der Waals surface area contributed by atoms with Crippen molar-refractivity contribution in [3.05, 3.63) is 77.8 Å². The highest BCUT2D eigenvalue weighted by Crippen LogP contribution is 2.43. The van der Waals surface area contributed by atoms with Gasteiger partial charge in [0.25, 0.3) is 0 Å². The number of hydrogen-bond donors (Lipinski definition) is 2. The quantitative estimate of drug-likeness (QED) is 0.511. The van der Waals surface area contributed by atoms with Gasteiger partial charge in [0.15, 0.2) is 5.11 Å². The number of carboxylic acid groups (broad SMARTS) is 1. The van der Waals surface area contributed by atoms with Crippen molar-refractivity contribution in [1.82, 2.24) is 15.2 Å². The molecule has 6 nitrogen and oxygen atoms in total. The molecule has 1 aromatic carbocycles. The number of pyridine rings is 1. The topological polar surface area (TPSA) is 78.6 Å². The van der Waals surface area contributed by atoms with Crippen molar-refractivity contribution in [2.75, 3.05) is 0 Å². The Labute approximate surface area is 192 Å². The summed E-state index contributed by atoms with van der Waals surface area (Å²) in [5.41, 5.74) is 1.69. The van der Waals surface area contributed by atoms with E-state index in [0.29, 0.717) is 17.4 Å². The Kier molecular flexibility index (Phi) is 5.66. The van der Waals surface area contributed by atoms with Crippen LogP contribution in [0.3, 0.4) is 0 Å². The zero-order valence-electron chi connectivity index (χ0n) is 17.6. The van der Waals surface area contributed by atoms with Gasteiger partial charge in [-0.2, -0.15) is 0 Å². The Hall–Kier alpha value is -3.19. The van der Waals surface area contributed by atoms with Crippen molar-refractivity contribution < 1.29 is 14.3 Å². The van der Waals surface area contributed by atoms with Gasteiger partial charge < -0.3 is 19.7 Å². The van der Waals surface area contributed by atoms with E-state index in [9.17, 15) is 9.90 Å². The molecule has 1 aliphatic heterocycles. The molecule has 0 amide bonds. The lowest BCUT2D eigenvalue weighted by molar-refractivity contribution is 0.0697. The zero-order chi connectivity index (χ0) is 22.1. The van der Waals surface area contributed by atoms with Crippen LogP contribution >= 0.6 is 12.2 Å². The fourth-order valence-corrected chi connectivity index (χ4v) is 5.35. The minimum absolute atomic E-state index is 0.139. The molecule has 164 valence electrons. The maximum Gasteiger partial charge on any atom is 0.336 e. The van der Waals surface area contributed by atoms with Gasteiger partial charge in [-0.3, -0.25) is 4.98 Å². The number of nitrogens with zero attached hydrogens (tertiary/aromatic N) is 2. The third-order valence-electron chi connectivity index (χ3n) is 6.44. The molecular weight excluding hydrogens is 422 g/mol. The van der Waals surface area contributed by atoms with Gasteiger partial charge in [0.2, 0.25) is 0 Å². The number of carboxylic acids is 1. The van der Waals surface area contributed by atoms with Gasteiger partial charge in [0.1, 0.15) is 17.6 Å². The maximum atomic E-state index is 11.7. The third-order valence-corrected chi connectivity index (χ3v) is 6.77. The first-order chi connectivity index (χ1) is 15.6. The van der Waals surface area contributed by atoms with Gasteiger partial charge in [0, 0.05) is 17.8 Å². The fourth-order valence-electron chi connectivity index (χ4n) is 4.96. The zero-order valence-corrected chi connectivity index (χ0v) is 18.4. The van der Waals surface area contributed by atoms with Gasteiger partial charge in [-0.15, -0.1) is 0 Å². The van der Waals surface area contributed by atoms with E-state index in [0.717, 1.165) is 29.4 Å². The van der Waals surface area contributed by atoms with Gasteiger partial charge in [-0.1, -0.05) is 43.5 Å². The Bertz CT molecular complexity index is 1120. The molecular formula is C25H25N3O3S. The first-order valence-corrected chi connectivity index (χ1v) is 11.5. The standard InChI is InChI=1S/C25H25N3O3S/c29-24(30)18-11-5-4-10-17(18)20-13-14-21(31-20)23-22(19-12-6-7-15-26-19)27-25(32)28(23)16-8-2-1-3-9-16/h4-7,10-16,22-23H,1-3,8-9H2,(H,27,32)(H,29,30)/t22-,23-/m0/s1. The number of benzene rings is 1. The number of nitrogens with one attached hydrogen (secondary N) is 1. The van der Waals surface area contributed by atoms with Crippen LogP contribution in [-0.2, 0) is 0 Å². The lowest BCUT2D eigenvalue weighted by Crippen LogP contribution is -2.40. The molecule has 0 spiro atoms. The van der Waals surface area contributed by atoms with Crippen LogP contribution in [0.15, 0.2) is 65.2 Å². The highest BCUT2D eigenvalue weighted by Gasteiger charge is 2.44. The summed E-state index contributed by atoms with van der Waals surface area (Å²) in [6.45, 7) is 0. The summed E-state index contributed by atoms with van der Waals surface area (Å²) in [5, 5.41) is 13.8. The summed E-state index contributed by atoms with van der Waals surface area (Å²) in [6, 6.07) is 16.7. The van der Waals surface area contributed by atoms with Gasteiger partial charge in [-0.25, -0.2) is 4.79 Å². The minimum atomic E-state index is -0.975. The molecule has 0 radical (unpaired) electrons. The molecule has 2 aliphatic rings. The summed E-state index contributed by atoms with van der Waals surface area (Å²) >= 11 is 5.80. The SMILES string of the molecule is O=C(O)c1ccccc1-c1ccc([C@H]2[C@H](c3ccccn3)NC(=S)N2C2CCCCC2)o1. The fraction of sp³-hybridized carbons (Fsp3) is 0.320. The average molecular weight is 448 g/mol.